The lowest BCUT2D eigenvalue weighted by Gasteiger charge is -2.29. The van der Waals surface area contributed by atoms with Crippen LogP contribution in [-0.2, 0) is 4.79 Å². The van der Waals surface area contributed by atoms with Crippen molar-refractivity contribution in [3.8, 4) is 0 Å². The number of halogens is 1. The highest BCUT2D eigenvalue weighted by Crippen LogP contribution is 2.37. The zero-order valence-electron chi connectivity index (χ0n) is 12.8. The van der Waals surface area contributed by atoms with Crippen molar-refractivity contribution < 1.29 is 14.3 Å². The standard InChI is InChI=1S/C16H29FO2/c1-5-13(10-9-11-17)14(18)12-15(19)16(6-2,7-3)8-4/h12-13,19H,5-11H2,1-4H3/b15-12-. The largest absolute Gasteiger partial charge is 0.512 e. The average molecular weight is 272 g/mol. The third kappa shape index (κ3) is 4.96. The SMILES string of the molecule is CCC(CCCF)C(=O)/C=C(\O)C(CC)(CC)CC. The summed E-state index contributed by atoms with van der Waals surface area (Å²) in [7, 11) is 0. The van der Waals surface area contributed by atoms with Crippen molar-refractivity contribution in [3.63, 3.8) is 0 Å². The third-order valence-corrected chi connectivity index (χ3v) is 4.43. The maximum atomic E-state index is 12.2. The summed E-state index contributed by atoms with van der Waals surface area (Å²) in [5, 5.41) is 10.3. The van der Waals surface area contributed by atoms with Gasteiger partial charge >= 0.3 is 0 Å². The number of ketones is 1. The summed E-state index contributed by atoms with van der Waals surface area (Å²) < 4.78 is 12.2. The molecule has 1 N–H and O–H groups in total. The van der Waals surface area contributed by atoms with E-state index < -0.39 is 0 Å². The molecule has 0 aliphatic rings. The molecule has 0 aliphatic heterocycles. The molecule has 0 amide bonds. The number of aliphatic hydroxyl groups is 1. The second-order valence-electron chi connectivity index (χ2n) is 5.21. The highest BCUT2D eigenvalue weighted by molar-refractivity contribution is 5.92. The van der Waals surface area contributed by atoms with Crippen molar-refractivity contribution in [1.29, 1.82) is 0 Å². The summed E-state index contributed by atoms with van der Waals surface area (Å²) in [4.78, 5) is 12.1. The van der Waals surface area contributed by atoms with Crippen LogP contribution in [0.1, 0.15) is 66.2 Å². The third-order valence-electron chi connectivity index (χ3n) is 4.43. The van der Waals surface area contributed by atoms with Crippen LogP contribution in [0.2, 0.25) is 0 Å². The van der Waals surface area contributed by atoms with Crippen LogP contribution in [0.5, 0.6) is 0 Å². The Morgan fingerprint density at radius 2 is 1.74 bits per heavy atom. The van der Waals surface area contributed by atoms with E-state index in [1.54, 1.807) is 0 Å². The molecule has 3 heteroatoms. The van der Waals surface area contributed by atoms with Crippen molar-refractivity contribution in [2.24, 2.45) is 11.3 Å². The van der Waals surface area contributed by atoms with Crippen LogP contribution >= 0.6 is 0 Å². The van der Waals surface area contributed by atoms with Gasteiger partial charge in [-0.2, -0.15) is 0 Å². The topological polar surface area (TPSA) is 37.3 Å². The van der Waals surface area contributed by atoms with Crippen LogP contribution in [0.3, 0.4) is 0 Å². The minimum Gasteiger partial charge on any atom is -0.512 e. The van der Waals surface area contributed by atoms with Gasteiger partial charge in [-0.05, 0) is 38.5 Å². The Morgan fingerprint density at radius 3 is 2.11 bits per heavy atom. The predicted molar refractivity (Wildman–Crippen MR) is 78.0 cm³/mol. The summed E-state index contributed by atoms with van der Waals surface area (Å²) in [6, 6.07) is 0. The number of aliphatic hydroxyl groups excluding tert-OH is 1. The molecule has 0 aromatic carbocycles. The minimum atomic E-state index is -0.387. The van der Waals surface area contributed by atoms with E-state index in [-0.39, 0.29) is 29.5 Å². The molecule has 1 atom stereocenters. The number of alkyl halides is 1. The van der Waals surface area contributed by atoms with Crippen LogP contribution in [-0.4, -0.2) is 17.6 Å². The Balaban J connectivity index is 4.93. The fraction of sp³-hybridized carbons (Fsp3) is 0.812. The van der Waals surface area contributed by atoms with E-state index in [9.17, 15) is 14.3 Å². The molecule has 0 aliphatic carbocycles. The first-order valence-electron chi connectivity index (χ1n) is 7.52. The molecule has 0 heterocycles. The molecule has 2 nitrogen and oxygen atoms in total. The van der Waals surface area contributed by atoms with E-state index in [4.69, 9.17) is 0 Å². The number of carbonyl (C=O) groups excluding carboxylic acids is 1. The van der Waals surface area contributed by atoms with Crippen molar-refractivity contribution in [2.45, 2.75) is 66.2 Å². The Morgan fingerprint density at radius 1 is 1.21 bits per heavy atom. The van der Waals surface area contributed by atoms with Gasteiger partial charge in [-0.15, -0.1) is 0 Å². The van der Waals surface area contributed by atoms with Gasteiger partial charge in [0.05, 0.1) is 6.67 Å². The molecular weight excluding hydrogens is 243 g/mol. The number of hydrogen-bond donors (Lipinski definition) is 1. The van der Waals surface area contributed by atoms with Crippen molar-refractivity contribution in [2.75, 3.05) is 6.67 Å². The van der Waals surface area contributed by atoms with Crippen molar-refractivity contribution >= 4 is 5.78 Å². The molecule has 0 aromatic rings. The highest BCUT2D eigenvalue weighted by Gasteiger charge is 2.30. The fourth-order valence-electron chi connectivity index (χ4n) is 2.57. The summed E-state index contributed by atoms with van der Waals surface area (Å²) in [5.74, 6) is -0.0296. The normalized spacial score (nSPS) is 14.5. The molecule has 112 valence electrons. The van der Waals surface area contributed by atoms with E-state index >= 15 is 0 Å². The first-order valence-corrected chi connectivity index (χ1v) is 7.52. The first-order chi connectivity index (χ1) is 9.01. The number of allylic oxidation sites excluding steroid dienone is 2. The van der Waals surface area contributed by atoms with Crippen LogP contribution in [0, 0.1) is 11.3 Å². The van der Waals surface area contributed by atoms with Gasteiger partial charge in [0.1, 0.15) is 5.76 Å². The maximum Gasteiger partial charge on any atom is 0.162 e. The summed E-state index contributed by atoms with van der Waals surface area (Å²) in [5.41, 5.74) is -0.284. The second-order valence-corrected chi connectivity index (χ2v) is 5.21. The van der Waals surface area contributed by atoms with Gasteiger partial charge in [0.25, 0.3) is 0 Å². The highest BCUT2D eigenvalue weighted by atomic mass is 19.1. The first kappa shape index (κ1) is 18.1. The maximum absolute atomic E-state index is 12.2. The van der Waals surface area contributed by atoms with Gasteiger partial charge in [0.2, 0.25) is 0 Å². The Bertz CT molecular complexity index is 285. The van der Waals surface area contributed by atoms with E-state index in [1.165, 1.54) is 6.08 Å². The molecule has 0 radical (unpaired) electrons. The summed E-state index contributed by atoms with van der Waals surface area (Å²) in [6.07, 6.45) is 5.51. The van der Waals surface area contributed by atoms with E-state index in [1.807, 2.05) is 27.7 Å². The minimum absolute atomic E-state index is 0.0619. The molecule has 19 heavy (non-hydrogen) atoms. The van der Waals surface area contributed by atoms with E-state index in [0.29, 0.717) is 19.3 Å². The summed E-state index contributed by atoms with van der Waals surface area (Å²) in [6.45, 7) is 7.63. The van der Waals surface area contributed by atoms with Crippen LogP contribution in [0.25, 0.3) is 0 Å². The van der Waals surface area contributed by atoms with Crippen LogP contribution in [0.15, 0.2) is 11.8 Å². The zero-order chi connectivity index (χ0) is 14.9. The lowest BCUT2D eigenvalue weighted by Crippen LogP contribution is -2.23. The zero-order valence-corrected chi connectivity index (χ0v) is 12.8. The Kier molecular flexibility index (Phi) is 8.70. The van der Waals surface area contributed by atoms with Gasteiger partial charge in [0, 0.05) is 17.4 Å². The lowest BCUT2D eigenvalue weighted by atomic mass is 9.77. The van der Waals surface area contributed by atoms with Gasteiger partial charge in [-0.25, -0.2) is 0 Å². The Labute approximate surface area is 117 Å². The van der Waals surface area contributed by atoms with Gasteiger partial charge in [0.15, 0.2) is 5.78 Å². The molecule has 0 rings (SSSR count). The van der Waals surface area contributed by atoms with Crippen LogP contribution in [0.4, 0.5) is 4.39 Å². The van der Waals surface area contributed by atoms with Gasteiger partial charge in [-0.3, -0.25) is 9.18 Å². The molecule has 0 spiro atoms. The van der Waals surface area contributed by atoms with Crippen LogP contribution < -0.4 is 0 Å². The molecule has 0 bridgehead atoms. The van der Waals surface area contributed by atoms with E-state index in [2.05, 4.69) is 0 Å². The smallest absolute Gasteiger partial charge is 0.162 e. The summed E-state index contributed by atoms with van der Waals surface area (Å²) >= 11 is 0. The number of carbonyl (C=O) groups is 1. The molecular formula is C16H29FO2. The number of rotatable bonds is 10. The fourth-order valence-corrected chi connectivity index (χ4v) is 2.57. The second kappa shape index (κ2) is 9.11. The van der Waals surface area contributed by atoms with Crippen molar-refractivity contribution in [1.82, 2.24) is 0 Å². The monoisotopic (exact) mass is 272 g/mol. The Hall–Kier alpha value is -0.860. The van der Waals surface area contributed by atoms with Gasteiger partial charge < -0.3 is 5.11 Å². The molecule has 1 unspecified atom stereocenters. The van der Waals surface area contributed by atoms with E-state index in [0.717, 1.165) is 19.3 Å². The average Bonchev–Trinajstić information content (AvgIpc) is 2.42. The quantitative estimate of drug-likeness (QED) is 0.449. The molecule has 0 saturated heterocycles. The lowest BCUT2D eigenvalue weighted by molar-refractivity contribution is -0.118. The molecule has 0 fully saturated rings. The number of hydrogen-bond acceptors (Lipinski definition) is 2. The molecule has 0 aromatic heterocycles. The van der Waals surface area contributed by atoms with Gasteiger partial charge in [-0.1, -0.05) is 27.7 Å². The predicted octanol–water partition coefficient (Wildman–Crippen LogP) is 4.99. The van der Waals surface area contributed by atoms with Crippen molar-refractivity contribution in [3.05, 3.63) is 11.8 Å². The molecule has 0 saturated carbocycles.